The molecular weight excluding hydrogens is 283 g/mol. The summed E-state index contributed by atoms with van der Waals surface area (Å²) in [6.07, 6.45) is -0.375. The molecule has 0 unspecified atom stereocenters. The third-order valence-corrected chi connectivity index (χ3v) is 2.92. The van der Waals surface area contributed by atoms with E-state index in [2.05, 4.69) is 10.2 Å². The maximum Gasteiger partial charge on any atom is 0.284 e. The van der Waals surface area contributed by atoms with Gasteiger partial charge in [-0.1, -0.05) is 23.2 Å². The van der Waals surface area contributed by atoms with E-state index < -0.39 is 0 Å². The van der Waals surface area contributed by atoms with Gasteiger partial charge in [-0.25, -0.2) is 5.10 Å². The largest absolute Gasteiger partial charge is 0.481 e. The second-order valence-electron chi connectivity index (χ2n) is 3.29. The zero-order valence-corrected chi connectivity index (χ0v) is 11.1. The van der Waals surface area contributed by atoms with E-state index in [1.165, 1.54) is 0 Å². The number of ether oxygens (including phenoxy) is 1. The van der Waals surface area contributed by atoms with Gasteiger partial charge in [-0.15, -0.1) is 5.10 Å². The summed E-state index contributed by atoms with van der Waals surface area (Å²) in [5, 5.41) is 7.30. The van der Waals surface area contributed by atoms with Gasteiger partial charge in [0.1, 0.15) is 5.75 Å². The fourth-order valence-electron chi connectivity index (χ4n) is 1.22. The monoisotopic (exact) mass is 290 g/mol. The highest BCUT2D eigenvalue weighted by molar-refractivity contribution is 7.71. The highest BCUT2D eigenvalue weighted by atomic mass is 35.5. The molecule has 1 heterocycles. The average molecular weight is 291 g/mol. The predicted molar refractivity (Wildman–Crippen MR) is 67.2 cm³/mol. The van der Waals surface area contributed by atoms with Crippen LogP contribution in [0.2, 0.25) is 10.0 Å². The molecule has 0 aliphatic heterocycles. The Kier molecular flexibility index (Phi) is 3.71. The van der Waals surface area contributed by atoms with Crippen LogP contribution in [0.5, 0.6) is 5.75 Å². The van der Waals surface area contributed by atoms with E-state index in [-0.39, 0.29) is 10.9 Å². The quantitative estimate of drug-likeness (QED) is 0.862. The molecule has 0 fully saturated rings. The fourth-order valence-corrected chi connectivity index (χ4v) is 1.64. The topological polar surface area (TPSA) is 51.0 Å². The van der Waals surface area contributed by atoms with Crippen molar-refractivity contribution in [3.8, 4) is 5.75 Å². The normalized spacial score (nSPS) is 12.4. The molecule has 0 saturated heterocycles. The SMILES string of the molecule is C[C@H](Oc1ccc(Cl)c(Cl)c1)c1n[nH]c(=S)o1. The van der Waals surface area contributed by atoms with Crippen LogP contribution in [0.1, 0.15) is 18.9 Å². The van der Waals surface area contributed by atoms with Crippen molar-refractivity contribution < 1.29 is 9.15 Å². The summed E-state index contributed by atoms with van der Waals surface area (Å²) in [4.78, 5) is 0.213. The second kappa shape index (κ2) is 5.08. The summed E-state index contributed by atoms with van der Waals surface area (Å²) in [5.74, 6) is 0.956. The Morgan fingerprint density at radius 1 is 1.41 bits per heavy atom. The first-order valence-corrected chi connectivity index (χ1v) is 5.90. The molecule has 1 aromatic carbocycles. The molecule has 90 valence electrons. The van der Waals surface area contributed by atoms with Crippen molar-refractivity contribution in [3.63, 3.8) is 0 Å². The molecular formula is C10H8Cl2N2O2S. The van der Waals surface area contributed by atoms with E-state index in [1.54, 1.807) is 25.1 Å². The summed E-state index contributed by atoms with van der Waals surface area (Å²) >= 11 is 16.4. The van der Waals surface area contributed by atoms with Gasteiger partial charge >= 0.3 is 0 Å². The summed E-state index contributed by atoms with van der Waals surface area (Å²) in [6, 6.07) is 5.00. The minimum atomic E-state index is -0.375. The van der Waals surface area contributed by atoms with Crippen molar-refractivity contribution in [2.24, 2.45) is 0 Å². The number of rotatable bonds is 3. The lowest BCUT2D eigenvalue weighted by Gasteiger charge is -2.11. The fraction of sp³-hybridized carbons (Fsp3) is 0.200. The van der Waals surface area contributed by atoms with Crippen LogP contribution in [-0.2, 0) is 0 Å². The van der Waals surface area contributed by atoms with Gasteiger partial charge in [0, 0.05) is 6.07 Å². The molecule has 4 nitrogen and oxygen atoms in total. The molecule has 2 rings (SSSR count). The highest BCUT2D eigenvalue weighted by Gasteiger charge is 2.13. The minimum Gasteiger partial charge on any atom is -0.481 e. The van der Waals surface area contributed by atoms with Crippen molar-refractivity contribution in [3.05, 3.63) is 39.0 Å². The maximum atomic E-state index is 5.87. The van der Waals surface area contributed by atoms with Crippen molar-refractivity contribution in [2.45, 2.75) is 13.0 Å². The number of H-pyrrole nitrogens is 1. The van der Waals surface area contributed by atoms with Gasteiger partial charge < -0.3 is 9.15 Å². The van der Waals surface area contributed by atoms with Gasteiger partial charge in [-0.05, 0) is 31.3 Å². The first-order valence-electron chi connectivity index (χ1n) is 4.73. The molecule has 0 aliphatic rings. The van der Waals surface area contributed by atoms with Gasteiger partial charge in [0.15, 0.2) is 6.10 Å². The second-order valence-corrected chi connectivity index (χ2v) is 4.47. The molecule has 2 aromatic rings. The lowest BCUT2D eigenvalue weighted by molar-refractivity contribution is 0.187. The minimum absolute atomic E-state index is 0.213. The number of nitrogens with zero attached hydrogens (tertiary/aromatic N) is 1. The Labute approximate surface area is 112 Å². The summed E-state index contributed by atoms with van der Waals surface area (Å²) < 4.78 is 10.7. The van der Waals surface area contributed by atoms with E-state index in [0.29, 0.717) is 21.7 Å². The van der Waals surface area contributed by atoms with Crippen LogP contribution in [0.15, 0.2) is 22.6 Å². The number of hydrogen-bond acceptors (Lipinski definition) is 4. The van der Waals surface area contributed by atoms with E-state index in [4.69, 9.17) is 44.6 Å². The molecule has 0 spiro atoms. The van der Waals surface area contributed by atoms with Gasteiger partial charge in [0.25, 0.3) is 10.7 Å². The molecule has 0 bridgehead atoms. The first-order chi connectivity index (χ1) is 8.06. The summed E-state index contributed by atoms with van der Waals surface area (Å²) in [6.45, 7) is 1.79. The van der Waals surface area contributed by atoms with Gasteiger partial charge in [0.2, 0.25) is 0 Å². The van der Waals surface area contributed by atoms with Crippen LogP contribution in [0, 0.1) is 4.84 Å². The highest BCUT2D eigenvalue weighted by Crippen LogP contribution is 2.28. The van der Waals surface area contributed by atoms with E-state index in [0.717, 1.165) is 0 Å². The Balaban J connectivity index is 2.15. The standard InChI is InChI=1S/C10H8Cl2N2O2S/c1-5(9-13-14-10(17)16-9)15-6-2-3-7(11)8(12)4-6/h2-5H,1H3,(H,14,17)/t5-/m0/s1. The van der Waals surface area contributed by atoms with Crippen molar-refractivity contribution in [1.29, 1.82) is 0 Å². The molecule has 17 heavy (non-hydrogen) atoms. The van der Waals surface area contributed by atoms with E-state index >= 15 is 0 Å². The summed E-state index contributed by atoms with van der Waals surface area (Å²) in [7, 11) is 0. The Morgan fingerprint density at radius 2 is 2.18 bits per heavy atom. The Morgan fingerprint density at radius 3 is 2.76 bits per heavy atom. The number of halogens is 2. The van der Waals surface area contributed by atoms with Crippen LogP contribution < -0.4 is 4.74 Å². The summed E-state index contributed by atoms with van der Waals surface area (Å²) in [5.41, 5.74) is 0. The molecule has 0 amide bonds. The number of benzene rings is 1. The molecule has 0 aliphatic carbocycles. The zero-order valence-electron chi connectivity index (χ0n) is 8.74. The van der Waals surface area contributed by atoms with Crippen LogP contribution in [0.4, 0.5) is 0 Å². The average Bonchev–Trinajstić information content (AvgIpc) is 2.70. The number of aromatic nitrogens is 2. The Hall–Kier alpha value is -1.04. The number of nitrogens with one attached hydrogen (secondary N) is 1. The molecule has 0 saturated carbocycles. The smallest absolute Gasteiger partial charge is 0.284 e. The van der Waals surface area contributed by atoms with Crippen LogP contribution in [0.25, 0.3) is 0 Å². The maximum absolute atomic E-state index is 5.87. The van der Waals surface area contributed by atoms with Crippen LogP contribution in [-0.4, -0.2) is 10.2 Å². The van der Waals surface area contributed by atoms with Crippen molar-refractivity contribution >= 4 is 35.4 Å². The van der Waals surface area contributed by atoms with Crippen LogP contribution in [0.3, 0.4) is 0 Å². The molecule has 1 atom stereocenters. The van der Waals surface area contributed by atoms with Gasteiger partial charge in [-0.2, -0.15) is 0 Å². The van der Waals surface area contributed by atoms with Crippen molar-refractivity contribution in [1.82, 2.24) is 10.2 Å². The third-order valence-electron chi connectivity index (χ3n) is 2.01. The van der Waals surface area contributed by atoms with Gasteiger partial charge in [0.05, 0.1) is 10.0 Å². The van der Waals surface area contributed by atoms with Crippen LogP contribution >= 0.6 is 35.4 Å². The van der Waals surface area contributed by atoms with E-state index in [9.17, 15) is 0 Å². The molecule has 0 radical (unpaired) electrons. The lowest BCUT2D eigenvalue weighted by Crippen LogP contribution is -2.03. The van der Waals surface area contributed by atoms with Crippen molar-refractivity contribution in [2.75, 3.05) is 0 Å². The zero-order chi connectivity index (χ0) is 12.4. The number of hydrogen-bond donors (Lipinski definition) is 1. The first kappa shape index (κ1) is 12.4. The third kappa shape index (κ3) is 3.00. The lowest BCUT2D eigenvalue weighted by atomic mass is 10.3. The number of aromatic amines is 1. The molecule has 1 aromatic heterocycles. The predicted octanol–water partition coefficient (Wildman–Crippen LogP) is 4.18. The van der Waals surface area contributed by atoms with Gasteiger partial charge in [-0.3, -0.25) is 0 Å². The van der Waals surface area contributed by atoms with E-state index in [1.807, 2.05) is 0 Å². The Bertz CT molecular complexity index is 582. The molecule has 1 N–H and O–H groups in total. The molecule has 7 heteroatoms.